The minimum absolute atomic E-state index is 0.164. The van der Waals surface area contributed by atoms with Gasteiger partial charge in [-0.3, -0.25) is 4.72 Å². The van der Waals surface area contributed by atoms with Gasteiger partial charge in [-0.05, 0) is 54.7 Å². The number of hydrogen-bond acceptors (Lipinski definition) is 3. The molecule has 0 aliphatic heterocycles. The largest absolute Gasteiger partial charge is 0.495 e. The number of rotatable bonds is 5. The van der Waals surface area contributed by atoms with E-state index in [-0.39, 0.29) is 10.8 Å². The topological polar surface area (TPSA) is 55.4 Å². The Morgan fingerprint density at radius 3 is 2.26 bits per heavy atom. The van der Waals surface area contributed by atoms with Crippen LogP contribution in [-0.2, 0) is 10.0 Å². The molecule has 2 aromatic rings. The quantitative estimate of drug-likeness (QED) is 0.890. The van der Waals surface area contributed by atoms with Gasteiger partial charge in [-0.15, -0.1) is 0 Å². The molecule has 0 atom stereocenters. The van der Waals surface area contributed by atoms with Crippen LogP contribution in [0.25, 0.3) is 0 Å². The third kappa shape index (κ3) is 3.67. The smallest absolute Gasteiger partial charge is 0.265 e. The highest BCUT2D eigenvalue weighted by molar-refractivity contribution is 7.92. The Kier molecular flexibility index (Phi) is 5.00. The van der Waals surface area contributed by atoms with Gasteiger partial charge in [-0.25, -0.2) is 8.42 Å². The van der Waals surface area contributed by atoms with Crippen LogP contribution in [-0.4, -0.2) is 15.5 Å². The maximum atomic E-state index is 12.8. The molecule has 0 aromatic heterocycles. The molecule has 0 amide bonds. The van der Waals surface area contributed by atoms with Crippen LogP contribution >= 0.6 is 0 Å². The molecule has 23 heavy (non-hydrogen) atoms. The molecular weight excluding hydrogens is 310 g/mol. The zero-order chi connectivity index (χ0) is 17.2. The molecular formula is C18H23NO3S. The Labute approximate surface area is 138 Å². The number of para-hydroxylation sites is 1. The maximum Gasteiger partial charge on any atom is 0.265 e. The molecule has 0 saturated carbocycles. The molecule has 0 fully saturated rings. The molecule has 0 radical (unpaired) electrons. The molecule has 0 bridgehead atoms. The zero-order valence-corrected chi connectivity index (χ0v) is 15.0. The zero-order valence-electron chi connectivity index (χ0n) is 14.2. The van der Waals surface area contributed by atoms with Gasteiger partial charge in [0, 0.05) is 0 Å². The normalized spacial score (nSPS) is 11.6. The second kappa shape index (κ2) is 6.62. The fraction of sp³-hybridized carbons (Fsp3) is 0.333. The molecule has 2 rings (SSSR count). The van der Waals surface area contributed by atoms with Gasteiger partial charge >= 0.3 is 0 Å². The van der Waals surface area contributed by atoms with Gasteiger partial charge in [0.25, 0.3) is 10.0 Å². The van der Waals surface area contributed by atoms with E-state index < -0.39 is 10.0 Å². The predicted molar refractivity (Wildman–Crippen MR) is 93.8 cm³/mol. The minimum Gasteiger partial charge on any atom is -0.495 e. The average Bonchev–Trinajstić information content (AvgIpc) is 2.48. The summed E-state index contributed by atoms with van der Waals surface area (Å²) in [5.74, 6) is 0.585. The number of benzene rings is 2. The van der Waals surface area contributed by atoms with E-state index in [4.69, 9.17) is 4.74 Å². The third-order valence-electron chi connectivity index (χ3n) is 3.85. The summed E-state index contributed by atoms with van der Waals surface area (Å²) in [4.78, 5) is 0.164. The van der Waals surface area contributed by atoms with E-state index in [9.17, 15) is 8.42 Å². The van der Waals surface area contributed by atoms with Crippen LogP contribution in [0, 0.1) is 13.8 Å². The second-order valence-electron chi connectivity index (χ2n) is 5.93. The van der Waals surface area contributed by atoms with Gasteiger partial charge in [0.2, 0.25) is 0 Å². The molecule has 2 aromatic carbocycles. The van der Waals surface area contributed by atoms with Gasteiger partial charge in [0.1, 0.15) is 10.6 Å². The van der Waals surface area contributed by atoms with Crippen molar-refractivity contribution < 1.29 is 13.2 Å². The molecule has 5 heteroatoms. The highest BCUT2D eigenvalue weighted by Gasteiger charge is 2.22. The number of hydrogen-bond donors (Lipinski definition) is 1. The molecule has 0 unspecified atom stereocenters. The predicted octanol–water partition coefficient (Wildman–Crippen LogP) is 4.24. The lowest BCUT2D eigenvalue weighted by Gasteiger charge is -2.17. The van der Waals surface area contributed by atoms with E-state index in [1.165, 1.54) is 7.11 Å². The Morgan fingerprint density at radius 2 is 1.70 bits per heavy atom. The van der Waals surface area contributed by atoms with Crippen LogP contribution in [0.1, 0.15) is 36.5 Å². The van der Waals surface area contributed by atoms with Crippen molar-refractivity contribution in [2.75, 3.05) is 11.8 Å². The summed E-state index contributed by atoms with van der Waals surface area (Å²) in [6, 6.07) is 10.8. The third-order valence-corrected chi connectivity index (χ3v) is 5.24. The summed E-state index contributed by atoms with van der Waals surface area (Å²) in [5.41, 5.74) is 3.45. The van der Waals surface area contributed by atoms with E-state index in [0.29, 0.717) is 11.4 Å². The van der Waals surface area contributed by atoms with Crippen LogP contribution < -0.4 is 9.46 Å². The first-order valence-electron chi connectivity index (χ1n) is 7.53. The van der Waals surface area contributed by atoms with Crippen molar-refractivity contribution in [3.63, 3.8) is 0 Å². The fourth-order valence-electron chi connectivity index (χ4n) is 2.56. The van der Waals surface area contributed by atoms with Crippen molar-refractivity contribution in [3.05, 3.63) is 53.1 Å². The first kappa shape index (κ1) is 17.3. The molecule has 124 valence electrons. The van der Waals surface area contributed by atoms with Crippen LogP contribution in [0.15, 0.2) is 41.3 Å². The summed E-state index contributed by atoms with van der Waals surface area (Å²) in [6.45, 7) is 7.91. The van der Waals surface area contributed by atoms with Crippen LogP contribution in [0.2, 0.25) is 0 Å². The Hall–Kier alpha value is -2.01. The molecule has 0 spiro atoms. The van der Waals surface area contributed by atoms with Crippen molar-refractivity contribution in [2.45, 2.75) is 38.5 Å². The van der Waals surface area contributed by atoms with Crippen molar-refractivity contribution in [1.29, 1.82) is 0 Å². The van der Waals surface area contributed by atoms with E-state index in [2.05, 4.69) is 4.72 Å². The summed E-state index contributed by atoms with van der Waals surface area (Å²) in [6.07, 6.45) is 0. The van der Waals surface area contributed by atoms with E-state index >= 15 is 0 Å². The summed E-state index contributed by atoms with van der Waals surface area (Å²) < 4.78 is 33.6. The highest BCUT2D eigenvalue weighted by Crippen LogP contribution is 2.32. The number of anilines is 1. The van der Waals surface area contributed by atoms with Crippen molar-refractivity contribution >= 4 is 15.7 Å². The van der Waals surface area contributed by atoms with Crippen LogP contribution in [0.5, 0.6) is 5.75 Å². The standard InChI is InChI=1S/C18H23NO3S/c1-12(2)15-11-18(17(22-5)10-14(15)4)23(20,21)19-16-9-7-6-8-13(16)3/h6-12,19H,1-5H3. The Bertz CT molecular complexity index is 811. The Morgan fingerprint density at radius 1 is 1.04 bits per heavy atom. The van der Waals surface area contributed by atoms with Gasteiger partial charge < -0.3 is 4.74 Å². The molecule has 0 aliphatic rings. The first-order chi connectivity index (χ1) is 10.8. The number of aryl methyl sites for hydroxylation is 2. The van der Waals surface area contributed by atoms with Gasteiger partial charge in [0.05, 0.1) is 12.8 Å². The second-order valence-corrected chi connectivity index (χ2v) is 7.59. The number of sulfonamides is 1. The summed E-state index contributed by atoms with van der Waals surface area (Å²) in [7, 11) is -2.24. The maximum absolute atomic E-state index is 12.8. The lowest BCUT2D eigenvalue weighted by Crippen LogP contribution is -2.15. The average molecular weight is 333 g/mol. The molecule has 0 heterocycles. The molecule has 0 aliphatic carbocycles. The lowest BCUT2D eigenvalue weighted by atomic mass is 9.98. The van der Waals surface area contributed by atoms with E-state index in [1.807, 2.05) is 39.8 Å². The molecule has 4 nitrogen and oxygen atoms in total. The SMILES string of the molecule is COc1cc(C)c(C(C)C)cc1S(=O)(=O)Nc1ccccc1C. The van der Waals surface area contributed by atoms with Crippen molar-refractivity contribution in [3.8, 4) is 5.75 Å². The highest BCUT2D eigenvalue weighted by atomic mass is 32.2. The Balaban J connectivity index is 2.55. The van der Waals surface area contributed by atoms with E-state index in [1.54, 1.807) is 24.3 Å². The number of methoxy groups -OCH3 is 1. The summed E-state index contributed by atoms with van der Waals surface area (Å²) in [5, 5.41) is 0. The number of nitrogens with one attached hydrogen (secondary N) is 1. The number of ether oxygens (including phenoxy) is 1. The van der Waals surface area contributed by atoms with Gasteiger partial charge in [-0.2, -0.15) is 0 Å². The minimum atomic E-state index is -3.73. The monoisotopic (exact) mass is 333 g/mol. The fourth-order valence-corrected chi connectivity index (χ4v) is 3.87. The van der Waals surface area contributed by atoms with Gasteiger partial charge in [0.15, 0.2) is 0 Å². The van der Waals surface area contributed by atoms with Crippen molar-refractivity contribution in [1.82, 2.24) is 0 Å². The first-order valence-corrected chi connectivity index (χ1v) is 9.01. The molecule has 0 saturated heterocycles. The molecule has 1 N–H and O–H groups in total. The van der Waals surface area contributed by atoms with Gasteiger partial charge in [-0.1, -0.05) is 32.0 Å². The van der Waals surface area contributed by atoms with Crippen molar-refractivity contribution in [2.24, 2.45) is 0 Å². The van der Waals surface area contributed by atoms with Crippen LogP contribution in [0.3, 0.4) is 0 Å². The summed E-state index contributed by atoms with van der Waals surface area (Å²) >= 11 is 0. The van der Waals surface area contributed by atoms with Crippen LogP contribution in [0.4, 0.5) is 5.69 Å². The lowest BCUT2D eigenvalue weighted by molar-refractivity contribution is 0.402. The van der Waals surface area contributed by atoms with E-state index in [0.717, 1.165) is 16.7 Å².